The van der Waals surface area contributed by atoms with E-state index in [9.17, 15) is 0 Å². The van der Waals surface area contributed by atoms with Crippen LogP contribution in [0, 0.1) is 0 Å². The molecule has 1 aromatic heterocycles. The first-order chi connectivity index (χ1) is 6.93. The molecule has 0 spiro atoms. The van der Waals surface area contributed by atoms with Crippen molar-refractivity contribution in [1.82, 2.24) is 10.3 Å². The van der Waals surface area contributed by atoms with Crippen molar-refractivity contribution in [3.05, 3.63) is 16.6 Å². The Balaban J connectivity index is 1.85. The number of hydrogen-bond acceptors (Lipinski definition) is 5. The Kier molecular flexibility index (Phi) is 6.51. The molecule has 0 saturated heterocycles. The second kappa shape index (κ2) is 7.87. The van der Waals surface area contributed by atoms with Crippen molar-refractivity contribution in [2.45, 2.75) is 6.54 Å². The summed E-state index contributed by atoms with van der Waals surface area (Å²) in [4.78, 5) is 4.16. The Morgan fingerprint density at radius 1 is 1.43 bits per heavy atom. The van der Waals surface area contributed by atoms with Gasteiger partial charge in [-0.05, 0) is 0 Å². The van der Waals surface area contributed by atoms with Crippen LogP contribution in [0.25, 0.3) is 0 Å². The zero-order chi connectivity index (χ0) is 10.1. The Labute approximate surface area is 88.3 Å². The lowest BCUT2D eigenvalue weighted by Gasteiger charge is -2.03. The predicted molar refractivity (Wildman–Crippen MR) is 56.5 cm³/mol. The highest BCUT2D eigenvalue weighted by Gasteiger charge is 1.93. The molecule has 0 aliphatic rings. The van der Waals surface area contributed by atoms with Gasteiger partial charge in [-0.15, -0.1) is 11.3 Å². The number of rotatable bonds is 8. The fourth-order valence-corrected chi connectivity index (χ4v) is 1.51. The van der Waals surface area contributed by atoms with E-state index >= 15 is 0 Å². The third kappa shape index (κ3) is 5.29. The van der Waals surface area contributed by atoms with Gasteiger partial charge >= 0.3 is 0 Å². The topological polar surface area (TPSA) is 43.4 Å². The molecular weight excluding hydrogens is 200 g/mol. The minimum atomic E-state index is 0.659. The predicted octanol–water partition coefficient (Wildman–Crippen LogP) is 0.896. The van der Waals surface area contributed by atoms with Crippen molar-refractivity contribution in [2.75, 3.05) is 33.5 Å². The summed E-state index contributed by atoms with van der Waals surface area (Å²) in [5, 5.41) is 6.34. The molecule has 0 aliphatic carbocycles. The molecule has 0 fully saturated rings. The summed E-state index contributed by atoms with van der Waals surface area (Å²) >= 11 is 1.66. The Hall–Kier alpha value is -0.490. The molecule has 1 aromatic rings. The summed E-state index contributed by atoms with van der Waals surface area (Å²) in [7, 11) is 1.67. The molecule has 0 unspecified atom stereocenters. The van der Waals surface area contributed by atoms with Gasteiger partial charge in [-0.1, -0.05) is 0 Å². The third-order valence-electron chi connectivity index (χ3n) is 1.61. The van der Waals surface area contributed by atoms with E-state index in [2.05, 4.69) is 10.3 Å². The number of methoxy groups -OCH3 is 1. The molecular formula is C9H16N2O2S. The van der Waals surface area contributed by atoms with E-state index in [0.717, 1.165) is 18.1 Å². The summed E-state index contributed by atoms with van der Waals surface area (Å²) in [6, 6.07) is 0. The first-order valence-electron chi connectivity index (χ1n) is 4.59. The van der Waals surface area contributed by atoms with E-state index in [-0.39, 0.29) is 0 Å². The smallest absolute Gasteiger partial charge is 0.106 e. The summed E-state index contributed by atoms with van der Waals surface area (Å²) in [6.07, 6.45) is 1.82. The maximum Gasteiger partial charge on any atom is 0.106 e. The van der Waals surface area contributed by atoms with Gasteiger partial charge in [0.1, 0.15) is 5.01 Å². The lowest BCUT2D eigenvalue weighted by Crippen LogP contribution is -2.20. The molecule has 14 heavy (non-hydrogen) atoms. The maximum absolute atomic E-state index is 5.29. The zero-order valence-corrected chi connectivity index (χ0v) is 9.18. The normalized spacial score (nSPS) is 10.6. The standard InChI is InChI=1S/C9H16N2O2S/c1-12-5-6-13-4-2-10-8-9-11-3-7-14-9/h3,7,10H,2,4-6,8H2,1H3. The second-order valence-electron chi connectivity index (χ2n) is 2.71. The van der Waals surface area contributed by atoms with Gasteiger partial charge in [0.2, 0.25) is 0 Å². The number of hydrogen-bond donors (Lipinski definition) is 1. The van der Waals surface area contributed by atoms with Gasteiger partial charge in [0, 0.05) is 31.8 Å². The largest absolute Gasteiger partial charge is 0.382 e. The molecule has 0 aromatic carbocycles. The number of thiazole rings is 1. The van der Waals surface area contributed by atoms with E-state index in [0.29, 0.717) is 19.8 Å². The third-order valence-corrected chi connectivity index (χ3v) is 2.39. The average molecular weight is 216 g/mol. The molecule has 1 heterocycles. The molecule has 0 radical (unpaired) electrons. The SMILES string of the molecule is COCCOCCNCc1nccs1. The van der Waals surface area contributed by atoms with Crippen LogP contribution in [0.5, 0.6) is 0 Å². The van der Waals surface area contributed by atoms with Crippen LogP contribution >= 0.6 is 11.3 Å². The molecule has 4 nitrogen and oxygen atoms in total. The second-order valence-corrected chi connectivity index (χ2v) is 3.69. The highest BCUT2D eigenvalue weighted by molar-refractivity contribution is 7.09. The van der Waals surface area contributed by atoms with E-state index in [1.807, 2.05) is 11.6 Å². The Bertz CT molecular complexity index is 217. The van der Waals surface area contributed by atoms with Gasteiger partial charge in [-0.3, -0.25) is 0 Å². The van der Waals surface area contributed by atoms with Crippen molar-refractivity contribution in [1.29, 1.82) is 0 Å². The van der Waals surface area contributed by atoms with Crippen LogP contribution in [0.15, 0.2) is 11.6 Å². The van der Waals surface area contributed by atoms with Gasteiger partial charge in [-0.25, -0.2) is 4.98 Å². The highest BCUT2D eigenvalue weighted by atomic mass is 32.1. The lowest BCUT2D eigenvalue weighted by atomic mass is 10.6. The first kappa shape index (κ1) is 11.6. The van der Waals surface area contributed by atoms with Crippen molar-refractivity contribution >= 4 is 11.3 Å². The summed E-state index contributed by atoms with van der Waals surface area (Å²) in [5.74, 6) is 0. The molecule has 0 saturated carbocycles. The highest BCUT2D eigenvalue weighted by Crippen LogP contribution is 2.01. The van der Waals surface area contributed by atoms with Gasteiger partial charge in [0.25, 0.3) is 0 Å². The van der Waals surface area contributed by atoms with Gasteiger partial charge < -0.3 is 14.8 Å². The van der Waals surface area contributed by atoms with Gasteiger partial charge in [0.15, 0.2) is 0 Å². The maximum atomic E-state index is 5.29. The summed E-state index contributed by atoms with van der Waals surface area (Å²) in [6.45, 7) is 3.71. The average Bonchev–Trinajstić information content (AvgIpc) is 2.69. The van der Waals surface area contributed by atoms with E-state index in [1.54, 1.807) is 18.4 Å². The molecule has 0 amide bonds. The van der Waals surface area contributed by atoms with Crippen LogP contribution < -0.4 is 5.32 Å². The molecule has 0 bridgehead atoms. The van der Waals surface area contributed by atoms with E-state index in [1.165, 1.54) is 0 Å². The van der Waals surface area contributed by atoms with Crippen molar-refractivity contribution in [2.24, 2.45) is 0 Å². The quantitative estimate of drug-likeness (QED) is 0.656. The van der Waals surface area contributed by atoms with Crippen LogP contribution in [0.3, 0.4) is 0 Å². The van der Waals surface area contributed by atoms with Gasteiger partial charge in [-0.2, -0.15) is 0 Å². The van der Waals surface area contributed by atoms with Crippen molar-refractivity contribution in [3.63, 3.8) is 0 Å². The van der Waals surface area contributed by atoms with Crippen LogP contribution in [0.4, 0.5) is 0 Å². The number of aromatic nitrogens is 1. The molecule has 0 aliphatic heterocycles. The van der Waals surface area contributed by atoms with Crippen molar-refractivity contribution in [3.8, 4) is 0 Å². The Morgan fingerprint density at radius 3 is 3.07 bits per heavy atom. The first-order valence-corrected chi connectivity index (χ1v) is 5.47. The van der Waals surface area contributed by atoms with E-state index < -0.39 is 0 Å². The molecule has 5 heteroatoms. The molecule has 1 N–H and O–H groups in total. The van der Waals surface area contributed by atoms with Gasteiger partial charge in [0.05, 0.1) is 19.8 Å². The van der Waals surface area contributed by atoms with Crippen LogP contribution in [-0.4, -0.2) is 38.5 Å². The fourth-order valence-electron chi connectivity index (χ4n) is 0.924. The van der Waals surface area contributed by atoms with E-state index in [4.69, 9.17) is 9.47 Å². The molecule has 0 atom stereocenters. The number of ether oxygens (including phenoxy) is 2. The summed E-state index contributed by atoms with van der Waals surface area (Å²) in [5.41, 5.74) is 0. The monoisotopic (exact) mass is 216 g/mol. The van der Waals surface area contributed by atoms with Crippen molar-refractivity contribution < 1.29 is 9.47 Å². The fraction of sp³-hybridized carbons (Fsp3) is 0.667. The van der Waals surface area contributed by atoms with Crippen LogP contribution in [-0.2, 0) is 16.0 Å². The minimum Gasteiger partial charge on any atom is -0.382 e. The minimum absolute atomic E-state index is 0.659. The van der Waals surface area contributed by atoms with Crippen LogP contribution in [0.1, 0.15) is 5.01 Å². The summed E-state index contributed by atoms with van der Waals surface area (Å²) < 4.78 is 10.1. The molecule has 80 valence electrons. The number of nitrogens with one attached hydrogen (secondary N) is 1. The van der Waals surface area contributed by atoms with Crippen LogP contribution in [0.2, 0.25) is 0 Å². The zero-order valence-electron chi connectivity index (χ0n) is 8.36. The molecule has 1 rings (SSSR count). The lowest BCUT2D eigenvalue weighted by molar-refractivity contribution is 0.0719. The number of nitrogens with zero attached hydrogens (tertiary/aromatic N) is 1. The Morgan fingerprint density at radius 2 is 2.36 bits per heavy atom.